The first-order chi connectivity index (χ1) is 8.72. The van der Waals surface area contributed by atoms with E-state index in [0.29, 0.717) is 17.3 Å². The van der Waals surface area contributed by atoms with Gasteiger partial charge in [0.2, 0.25) is 0 Å². The Morgan fingerprint density at radius 2 is 2.17 bits per heavy atom. The normalized spacial score (nSPS) is 17.3. The lowest BCUT2D eigenvalue weighted by Crippen LogP contribution is -2.35. The Morgan fingerprint density at radius 3 is 2.83 bits per heavy atom. The van der Waals surface area contributed by atoms with E-state index in [1.165, 1.54) is 25.9 Å². The van der Waals surface area contributed by atoms with Gasteiger partial charge in [-0.05, 0) is 45.0 Å². The molecule has 0 amide bonds. The van der Waals surface area contributed by atoms with Crippen molar-refractivity contribution in [3.8, 4) is 6.07 Å². The molecule has 1 fully saturated rings. The van der Waals surface area contributed by atoms with Crippen LogP contribution in [0.1, 0.15) is 25.3 Å². The Balaban J connectivity index is 1.95. The van der Waals surface area contributed by atoms with E-state index in [4.69, 9.17) is 11.0 Å². The average Bonchev–Trinajstić information content (AvgIpc) is 2.91. The number of anilines is 2. The number of likely N-dealkylation sites (tertiary alicyclic amines) is 1. The molecule has 4 heteroatoms. The maximum Gasteiger partial charge on any atom is 0.101 e. The van der Waals surface area contributed by atoms with E-state index in [1.54, 1.807) is 6.07 Å². The van der Waals surface area contributed by atoms with Crippen molar-refractivity contribution in [1.29, 1.82) is 5.26 Å². The number of hydrogen-bond acceptors (Lipinski definition) is 4. The van der Waals surface area contributed by atoms with Crippen LogP contribution in [-0.4, -0.2) is 30.6 Å². The van der Waals surface area contributed by atoms with Crippen molar-refractivity contribution in [2.24, 2.45) is 0 Å². The predicted octanol–water partition coefficient (Wildman–Crippen LogP) is 2.04. The van der Waals surface area contributed by atoms with Crippen LogP contribution in [0.25, 0.3) is 0 Å². The van der Waals surface area contributed by atoms with Crippen molar-refractivity contribution < 1.29 is 0 Å². The first-order valence-corrected chi connectivity index (χ1v) is 6.49. The molecule has 0 saturated carbocycles. The van der Waals surface area contributed by atoms with E-state index < -0.39 is 0 Å². The number of hydrogen-bond donors (Lipinski definition) is 2. The highest BCUT2D eigenvalue weighted by atomic mass is 15.2. The van der Waals surface area contributed by atoms with Gasteiger partial charge in [-0.3, -0.25) is 4.90 Å². The summed E-state index contributed by atoms with van der Waals surface area (Å²) in [6.07, 6.45) is 2.60. The van der Waals surface area contributed by atoms with Crippen molar-refractivity contribution in [2.75, 3.05) is 30.7 Å². The molecule has 1 aliphatic heterocycles. The molecule has 1 heterocycles. The molecule has 3 N–H and O–H groups in total. The van der Waals surface area contributed by atoms with Crippen LogP contribution < -0.4 is 11.1 Å². The van der Waals surface area contributed by atoms with E-state index in [2.05, 4.69) is 23.2 Å². The number of nitrogens with two attached hydrogens (primary N) is 1. The van der Waals surface area contributed by atoms with Crippen LogP contribution in [0.5, 0.6) is 0 Å². The first-order valence-electron chi connectivity index (χ1n) is 6.49. The molecule has 1 aromatic rings. The van der Waals surface area contributed by atoms with Crippen molar-refractivity contribution in [3.63, 3.8) is 0 Å². The number of nitrogens with one attached hydrogen (secondary N) is 1. The number of nitriles is 1. The fourth-order valence-electron chi connectivity index (χ4n) is 2.39. The molecule has 1 aromatic carbocycles. The van der Waals surface area contributed by atoms with E-state index >= 15 is 0 Å². The minimum atomic E-state index is 0.498. The van der Waals surface area contributed by atoms with Gasteiger partial charge in [-0.2, -0.15) is 5.26 Å². The molecule has 1 atom stereocenters. The lowest BCUT2D eigenvalue weighted by atomic mass is 10.1. The number of rotatable bonds is 4. The molecule has 2 rings (SSSR count). The predicted molar refractivity (Wildman–Crippen MR) is 74.3 cm³/mol. The Kier molecular flexibility index (Phi) is 4.06. The highest BCUT2D eigenvalue weighted by molar-refractivity contribution is 5.72. The highest BCUT2D eigenvalue weighted by Gasteiger charge is 2.17. The van der Waals surface area contributed by atoms with Crippen molar-refractivity contribution >= 4 is 11.4 Å². The molecule has 1 unspecified atom stereocenters. The molecule has 4 nitrogen and oxygen atoms in total. The molecule has 0 aromatic heterocycles. The smallest absolute Gasteiger partial charge is 0.101 e. The quantitative estimate of drug-likeness (QED) is 0.795. The molecule has 1 aliphatic rings. The SMILES string of the molecule is CC(CNc1cccc(C#N)c1N)N1CCCC1. The van der Waals surface area contributed by atoms with Gasteiger partial charge in [0.1, 0.15) is 6.07 Å². The van der Waals surface area contributed by atoms with Gasteiger partial charge in [0.15, 0.2) is 0 Å². The van der Waals surface area contributed by atoms with Crippen LogP contribution in [0.3, 0.4) is 0 Å². The monoisotopic (exact) mass is 244 g/mol. The molecular formula is C14H20N4. The second kappa shape index (κ2) is 5.74. The van der Waals surface area contributed by atoms with Gasteiger partial charge in [0.25, 0.3) is 0 Å². The zero-order valence-corrected chi connectivity index (χ0v) is 10.8. The topological polar surface area (TPSA) is 65.1 Å². The summed E-state index contributed by atoms with van der Waals surface area (Å²) in [5.41, 5.74) is 7.88. The maximum absolute atomic E-state index is 8.93. The van der Waals surface area contributed by atoms with E-state index in [0.717, 1.165) is 12.2 Å². The molecular weight excluding hydrogens is 224 g/mol. The Hall–Kier alpha value is -1.73. The van der Waals surface area contributed by atoms with Crippen LogP contribution in [0.2, 0.25) is 0 Å². The standard InChI is InChI=1S/C14H20N4/c1-11(18-7-2-3-8-18)10-17-13-6-4-5-12(9-15)14(13)16/h4-6,11,17H,2-3,7-8,10,16H2,1H3. The molecule has 0 radical (unpaired) electrons. The van der Waals surface area contributed by atoms with Crippen LogP contribution in [-0.2, 0) is 0 Å². The van der Waals surface area contributed by atoms with Crippen LogP contribution in [0.15, 0.2) is 18.2 Å². The summed E-state index contributed by atoms with van der Waals surface area (Å²) in [4.78, 5) is 2.48. The number of benzene rings is 1. The van der Waals surface area contributed by atoms with Gasteiger partial charge in [-0.25, -0.2) is 0 Å². The summed E-state index contributed by atoms with van der Waals surface area (Å²) in [7, 11) is 0. The lowest BCUT2D eigenvalue weighted by Gasteiger charge is -2.24. The maximum atomic E-state index is 8.93. The van der Waals surface area contributed by atoms with Gasteiger partial charge < -0.3 is 11.1 Å². The molecule has 0 bridgehead atoms. The minimum Gasteiger partial charge on any atom is -0.396 e. The summed E-state index contributed by atoms with van der Waals surface area (Å²) in [6.45, 7) is 5.47. The second-order valence-corrected chi connectivity index (χ2v) is 4.85. The molecule has 0 spiro atoms. The van der Waals surface area contributed by atoms with Crippen LogP contribution in [0.4, 0.5) is 11.4 Å². The zero-order chi connectivity index (χ0) is 13.0. The fourth-order valence-corrected chi connectivity index (χ4v) is 2.39. The third-order valence-electron chi connectivity index (χ3n) is 3.58. The zero-order valence-electron chi connectivity index (χ0n) is 10.8. The van der Waals surface area contributed by atoms with Gasteiger partial charge in [-0.1, -0.05) is 6.07 Å². The third kappa shape index (κ3) is 2.74. The van der Waals surface area contributed by atoms with Crippen LogP contribution >= 0.6 is 0 Å². The summed E-state index contributed by atoms with van der Waals surface area (Å²) in [5, 5.41) is 12.3. The lowest BCUT2D eigenvalue weighted by molar-refractivity contribution is 0.269. The highest BCUT2D eigenvalue weighted by Crippen LogP contribution is 2.22. The number of nitrogens with zero attached hydrogens (tertiary/aromatic N) is 2. The van der Waals surface area contributed by atoms with E-state index in [9.17, 15) is 0 Å². The van der Waals surface area contributed by atoms with Gasteiger partial charge in [0.05, 0.1) is 16.9 Å². The summed E-state index contributed by atoms with van der Waals surface area (Å²) in [6, 6.07) is 8.12. The Labute approximate surface area is 108 Å². The molecule has 96 valence electrons. The largest absolute Gasteiger partial charge is 0.396 e. The van der Waals surface area contributed by atoms with Gasteiger partial charge in [-0.15, -0.1) is 0 Å². The first kappa shape index (κ1) is 12.7. The van der Waals surface area contributed by atoms with Crippen molar-refractivity contribution in [3.05, 3.63) is 23.8 Å². The molecule has 1 saturated heterocycles. The number of para-hydroxylation sites is 1. The van der Waals surface area contributed by atoms with Gasteiger partial charge >= 0.3 is 0 Å². The fraction of sp³-hybridized carbons (Fsp3) is 0.500. The van der Waals surface area contributed by atoms with Crippen molar-refractivity contribution in [1.82, 2.24) is 4.90 Å². The minimum absolute atomic E-state index is 0.498. The second-order valence-electron chi connectivity index (χ2n) is 4.85. The average molecular weight is 244 g/mol. The number of nitrogen functional groups attached to an aromatic ring is 1. The Bertz CT molecular complexity index is 444. The Morgan fingerprint density at radius 1 is 1.44 bits per heavy atom. The molecule has 0 aliphatic carbocycles. The third-order valence-corrected chi connectivity index (χ3v) is 3.58. The van der Waals surface area contributed by atoms with E-state index in [-0.39, 0.29) is 0 Å². The molecule has 18 heavy (non-hydrogen) atoms. The van der Waals surface area contributed by atoms with Gasteiger partial charge in [0, 0.05) is 12.6 Å². The van der Waals surface area contributed by atoms with Crippen LogP contribution in [0, 0.1) is 11.3 Å². The van der Waals surface area contributed by atoms with E-state index in [1.807, 2.05) is 12.1 Å². The summed E-state index contributed by atoms with van der Waals surface area (Å²) < 4.78 is 0. The summed E-state index contributed by atoms with van der Waals surface area (Å²) in [5.74, 6) is 0. The summed E-state index contributed by atoms with van der Waals surface area (Å²) >= 11 is 0. The van der Waals surface area contributed by atoms with Crippen molar-refractivity contribution in [2.45, 2.75) is 25.8 Å².